The molecule has 0 atom stereocenters. The molecule has 84 valence electrons. The number of hydrogen-bond acceptors (Lipinski definition) is 4. The van der Waals surface area contributed by atoms with Crippen molar-refractivity contribution in [3.63, 3.8) is 0 Å². The Balaban J connectivity index is 2.30. The quantitative estimate of drug-likeness (QED) is 0.600. The first-order valence-corrected chi connectivity index (χ1v) is 5.15. The maximum absolute atomic E-state index is 11.4. The molecule has 0 unspecified atom stereocenters. The molecule has 0 amide bonds. The molecule has 0 bridgehead atoms. The number of carbonyl (C=O) groups is 1. The summed E-state index contributed by atoms with van der Waals surface area (Å²) in [6, 6.07) is 9.21. The lowest BCUT2D eigenvalue weighted by Gasteiger charge is -2.02. The fourth-order valence-electron chi connectivity index (χ4n) is 1.91. The van der Waals surface area contributed by atoms with Crippen LogP contribution in [0.15, 0.2) is 41.1 Å². The van der Waals surface area contributed by atoms with Crippen LogP contribution in [0.3, 0.4) is 0 Å². The van der Waals surface area contributed by atoms with Crippen molar-refractivity contribution in [1.29, 1.82) is 0 Å². The molecule has 2 aromatic carbocycles. The fourth-order valence-corrected chi connectivity index (χ4v) is 1.91. The predicted octanol–water partition coefficient (Wildman–Crippen LogP) is 2.77. The lowest BCUT2D eigenvalue weighted by Crippen LogP contribution is -2.00. The molecule has 0 aliphatic heterocycles. The van der Waals surface area contributed by atoms with Crippen molar-refractivity contribution in [2.24, 2.45) is 0 Å². The third-order valence-electron chi connectivity index (χ3n) is 2.77. The lowest BCUT2D eigenvalue weighted by molar-refractivity contribution is 0.0601. The van der Waals surface area contributed by atoms with Crippen LogP contribution in [0.4, 0.5) is 0 Å². The zero-order valence-electron chi connectivity index (χ0n) is 9.14. The van der Waals surface area contributed by atoms with E-state index >= 15 is 0 Å². The number of carbonyl (C=O) groups excluding carboxylic acids is 1. The number of esters is 1. The smallest absolute Gasteiger partial charge is 0.337 e. The molecule has 3 aromatic rings. The maximum Gasteiger partial charge on any atom is 0.337 e. The van der Waals surface area contributed by atoms with Crippen LogP contribution in [0.1, 0.15) is 10.4 Å². The Kier molecular flexibility index (Phi) is 2.08. The molecule has 4 heteroatoms. The van der Waals surface area contributed by atoms with Crippen molar-refractivity contribution < 1.29 is 14.1 Å². The Labute approximate surface area is 96.8 Å². The van der Waals surface area contributed by atoms with Crippen LogP contribution in [0.2, 0.25) is 0 Å². The molecule has 0 fully saturated rings. The van der Waals surface area contributed by atoms with E-state index in [1.165, 1.54) is 7.11 Å². The normalized spacial score (nSPS) is 10.9. The van der Waals surface area contributed by atoms with Crippen molar-refractivity contribution in [3.05, 3.63) is 42.2 Å². The minimum absolute atomic E-state index is 0.341. The van der Waals surface area contributed by atoms with Gasteiger partial charge in [-0.15, -0.1) is 0 Å². The average Bonchev–Trinajstić information content (AvgIpc) is 2.85. The lowest BCUT2D eigenvalue weighted by atomic mass is 10.0. The minimum atomic E-state index is -0.341. The highest BCUT2D eigenvalue weighted by Crippen LogP contribution is 2.25. The van der Waals surface area contributed by atoms with Crippen LogP contribution in [0, 0.1) is 0 Å². The zero-order chi connectivity index (χ0) is 11.8. The van der Waals surface area contributed by atoms with Crippen LogP contribution in [0.5, 0.6) is 0 Å². The van der Waals surface area contributed by atoms with Crippen molar-refractivity contribution in [2.75, 3.05) is 7.11 Å². The number of benzene rings is 2. The first-order chi connectivity index (χ1) is 8.29. The van der Waals surface area contributed by atoms with Gasteiger partial charge in [-0.1, -0.05) is 17.3 Å². The van der Waals surface area contributed by atoms with Gasteiger partial charge in [-0.25, -0.2) is 4.79 Å². The summed E-state index contributed by atoms with van der Waals surface area (Å²) >= 11 is 0. The van der Waals surface area contributed by atoms with Crippen molar-refractivity contribution in [1.82, 2.24) is 5.16 Å². The summed E-state index contributed by atoms with van der Waals surface area (Å²) in [7, 11) is 1.37. The molecule has 0 aliphatic rings. The number of aromatic nitrogens is 1. The van der Waals surface area contributed by atoms with E-state index in [0.717, 1.165) is 21.7 Å². The number of rotatable bonds is 1. The van der Waals surface area contributed by atoms with Crippen molar-refractivity contribution >= 4 is 27.6 Å². The molecule has 1 aromatic heterocycles. The molecule has 0 radical (unpaired) electrons. The van der Waals surface area contributed by atoms with Gasteiger partial charge in [-0.05, 0) is 23.6 Å². The van der Waals surface area contributed by atoms with Crippen LogP contribution in [0.25, 0.3) is 21.7 Å². The monoisotopic (exact) mass is 227 g/mol. The second-order valence-corrected chi connectivity index (χ2v) is 3.75. The van der Waals surface area contributed by atoms with Crippen LogP contribution in [-0.4, -0.2) is 18.2 Å². The summed E-state index contributed by atoms with van der Waals surface area (Å²) in [6.45, 7) is 0. The van der Waals surface area contributed by atoms with Crippen LogP contribution >= 0.6 is 0 Å². The Morgan fingerprint density at radius 1 is 1.24 bits per heavy atom. The molecular formula is C13H9NO3. The summed E-state index contributed by atoms with van der Waals surface area (Å²) in [6.07, 6.45) is 1.60. The minimum Gasteiger partial charge on any atom is -0.465 e. The first kappa shape index (κ1) is 9.84. The van der Waals surface area contributed by atoms with Crippen LogP contribution < -0.4 is 0 Å². The fraction of sp³-hybridized carbons (Fsp3) is 0.0769. The number of methoxy groups -OCH3 is 1. The van der Waals surface area contributed by atoms with Gasteiger partial charge in [0.1, 0.15) is 11.8 Å². The number of hydrogen-bond donors (Lipinski definition) is 0. The van der Waals surface area contributed by atoms with Gasteiger partial charge in [0.2, 0.25) is 0 Å². The van der Waals surface area contributed by atoms with E-state index in [-0.39, 0.29) is 5.97 Å². The van der Waals surface area contributed by atoms with Gasteiger partial charge in [0, 0.05) is 10.8 Å². The number of fused-ring (bicyclic) bond motifs is 3. The summed E-state index contributed by atoms with van der Waals surface area (Å²) in [5.74, 6) is -0.341. The molecule has 4 nitrogen and oxygen atoms in total. The third kappa shape index (κ3) is 1.45. The van der Waals surface area contributed by atoms with E-state index in [2.05, 4.69) is 9.89 Å². The van der Waals surface area contributed by atoms with E-state index in [1.54, 1.807) is 18.4 Å². The van der Waals surface area contributed by atoms with E-state index in [1.807, 2.05) is 18.2 Å². The highest BCUT2D eigenvalue weighted by molar-refractivity contribution is 6.06. The van der Waals surface area contributed by atoms with Gasteiger partial charge in [0.15, 0.2) is 0 Å². The van der Waals surface area contributed by atoms with E-state index in [9.17, 15) is 4.79 Å². The maximum atomic E-state index is 11.4. The Morgan fingerprint density at radius 2 is 2.06 bits per heavy atom. The molecule has 0 saturated heterocycles. The van der Waals surface area contributed by atoms with Gasteiger partial charge in [-0.3, -0.25) is 0 Å². The summed E-state index contributed by atoms with van der Waals surface area (Å²) in [4.78, 5) is 11.4. The molecule has 0 aliphatic carbocycles. The highest BCUT2D eigenvalue weighted by atomic mass is 16.5. The van der Waals surface area contributed by atoms with Crippen LogP contribution in [-0.2, 0) is 4.74 Å². The van der Waals surface area contributed by atoms with E-state index < -0.39 is 0 Å². The van der Waals surface area contributed by atoms with Gasteiger partial charge in [0.05, 0.1) is 12.7 Å². The highest BCUT2D eigenvalue weighted by Gasteiger charge is 2.08. The second-order valence-electron chi connectivity index (χ2n) is 3.75. The molecule has 17 heavy (non-hydrogen) atoms. The average molecular weight is 227 g/mol. The Bertz CT molecular complexity index is 715. The summed E-state index contributed by atoms with van der Waals surface area (Å²) in [5, 5.41) is 6.80. The Morgan fingerprint density at radius 3 is 2.88 bits per heavy atom. The van der Waals surface area contributed by atoms with Gasteiger partial charge >= 0.3 is 5.97 Å². The molecule has 0 spiro atoms. The van der Waals surface area contributed by atoms with Gasteiger partial charge < -0.3 is 9.26 Å². The first-order valence-electron chi connectivity index (χ1n) is 5.15. The van der Waals surface area contributed by atoms with Gasteiger partial charge in [0.25, 0.3) is 0 Å². The molecule has 0 saturated carbocycles. The van der Waals surface area contributed by atoms with E-state index in [0.29, 0.717) is 5.56 Å². The predicted molar refractivity (Wildman–Crippen MR) is 62.9 cm³/mol. The van der Waals surface area contributed by atoms with Crippen molar-refractivity contribution in [2.45, 2.75) is 0 Å². The topological polar surface area (TPSA) is 52.3 Å². The molecule has 1 heterocycles. The molecule has 3 rings (SSSR count). The number of ether oxygens (including phenoxy) is 1. The second kappa shape index (κ2) is 3.59. The summed E-state index contributed by atoms with van der Waals surface area (Å²) in [5.41, 5.74) is 1.33. The van der Waals surface area contributed by atoms with E-state index in [4.69, 9.17) is 4.52 Å². The molecule has 0 N–H and O–H groups in total. The number of nitrogens with zero attached hydrogens (tertiary/aromatic N) is 1. The standard InChI is InChI=1S/C13H9NO3/c1-16-13(15)9-4-5-11-8(6-9)2-3-10-7-17-14-12(10)11/h2-7H,1H3. The Hall–Kier alpha value is -2.36. The SMILES string of the molecule is COC(=O)c1ccc2c(ccc3conc32)c1. The zero-order valence-corrected chi connectivity index (χ0v) is 9.14. The third-order valence-corrected chi connectivity index (χ3v) is 2.77. The molecular weight excluding hydrogens is 218 g/mol. The largest absolute Gasteiger partial charge is 0.465 e. The van der Waals surface area contributed by atoms with Gasteiger partial charge in [-0.2, -0.15) is 0 Å². The summed E-state index contributed by atoms with van der Waals surface area (Å²) < 4.78 is 9.61. The van der Waals surface area contributed by atoms with Crippen molar-refractivity contribution in [3.8, 4) is 0 Å².